The normalized spacial score (nSPS) is 17.8. The van der Waals surface area contributed by atoms with Crippen molar-refractivity contribution in [3.8, 4) is 0 Å². The van der Waals surface area contributed by atoms with Gasteiger partial charge >= 0.3 is 0 Å². The maximum atomic E-state index is 13.2. The van der Waals surface area contributed by atoms with Gasteiger partial charge in [0.05, 0.1) is 0 Å². The van der Waals surface area contributed by atoms with Crippen molar-refractivity contribution in [2.75, 3.05) is 11.1 Å². The van der Waals surface area contributed by atoms with Crippen molar-refractivity contribution >= 4 is 34.8 Å². The van der Waals surface area contributed by atoms with Crippen LogP contribution >= 0.6 is 11.8 Å². The van der Waals surface area contributed by atoms with E-state index in [-0.39, 0.29) is 18.1 Å². The zero-order valence-electron chi connectivity index (χ0n) is 15.4. The predicted molar refractivity (Wildman–Crippen MR) is 114 cm³/mol. The molecule has 0 aromatic heterocycles. The highest BCUT2D eigenvalue weighted by molar-refractivity contribution is 8.01. The molecule has 1 heterocycles. The fourth-order valence-corrected chi connectivity index (χ4v) is 4.91. The number of thioether (sulfide) groups is 1. The van der Waals surface area contributed by atoms with Crippen molar-refractivity contribution in [1.29, 1.82) is 0 Å². The Labute approximate surface area is 168 Å². The number of Topliss-reactive ketones (excluding diaryl/α,β-unsaturated/α-hetero) is 1. The van der Waals surface area contributed by atoms with E-state index < -0.39 is 4.75 Å². The lowest BCUT2D eigenvalue weighted by atomic mass is 9.91. The molecule has 0 saturated heterocycles. The van der Waals surface area contributed by atoms with Crippen LogP contribution in [-0.2, 0) is 9.54 Å². The third kappa shape index (κ3) is 3.18. The van der Waals surface area contributed by atoms with Crippen LogP contribution in [0, 0.1) is 6.92 Å². The van der Waals surface area contributed by atoms with Crippen molar-refractivity contribution in [2.45, 2.75) is 23.0 Å². The molecule has 28 heavy (non-hydrogen) atoms. The van der Waals surface area contributed by atoms with Crippen molar-refractivity contribution in [2.24, 2.45) is 0 Å². The fraction of sp³-hybridized carbons (Fsp3) is 0.130. The van der Waals surface area contributed by atoms with E-state index in [2.05, 4.69) is 5.32 Å². The molecule has 1 atom stereocenters. The highest BCUT2D eigenvalue weighted by Gasteiger charge is 2.49. The third-order valence-corrected chi connectivity index (χ3v) is 6.41. The summed E-state index contributed by atoms with van der Waals surface area (Å²) in [5.74, 6) is -0.268. The van der Waals surface area contributed by atoms with Gasteiger partial charge in [0.1, 0.15) is 4.75 Å². The number of benzene rings is 3. The molecule has 1 unspecified atom stereocenters. The summed E-state index contributed by atoms with van der Waals surface area (Å²) in [6, 6.07) is 22.3. The summed E-state index contributed by atoms with van der Waals surface area (Å²) >= 11 is 1.36. The van der Waals surface area contributed by atoms with Crippen LogP contribution in [0.4, 0.5) is 11.4 Å². The van der Waals surface area contributed by atoms with Gasteiger partial charge in [0.2, 0.25) is 5.91 Å². The topological polar surface area (TPSA) is 72.2 Å². The molecule has 1 aliphatic rings. The van der Waals surface area contributed by atoms with Gasteiger partial charge in [0.15, 0.2) is 5.78 Å². The summed E-state index contributed by atoms with van der Waals surface area (Å²) in [7, 11) is 0. The van der Waals surface area contributed by atoms with Gasteiger partial charge in [-0.05, 0) is 30.7 Å². The number of amides is 1. The number of nitrogens with one attached hydrogen (secondary N) is 1. The number of nitrogens with two attached hydrogens (primary N) is 1. The molecule has 4 nitrogen and oxygen atoms in total. The Kier molecular flexibility index (Phi) is 4.69. The highest BCUT2D eigenvalue weighted by Crippen LogP contribution is 2.52. The second-order valence-electron chi connectivity index (χ2n) is 6.94. The average Bonchev–Trinajstić information content (AvgIpc) is 2.97. The minimum absolute atomic E-state index is 0.0535. The number of para-hydroxylation sites is 1. The molecule has 1 aliphatic heterocycles. The maximum absolute atomic E-state index is 13.2. The van der Waals surface area contributed by atoms with Crippen LogP contribution in [0.15, 0.2) is 77.7 Å². The van der Waals surface area contributed by atoms with Crippen molar-refractivity contribution in [1.82, 2.24) is 0 Å². The van der Waals surface area contributed by atoms with Gasteiger partial charge in [-0.2, -0.15) is 0 Å². The van der Waals surface area contributed by atoms with Gasteiger partial charge in [0, 0.05) is 33.8 Å². The maximum Gasteiger partial charge on any atom is 0.246 e. The van der Waals surface area contributed by atoms with E-state index in [1.807, 2.05) is 67.6 Å². The van der Waals surface area contributed by atoms with E-state index in [1.54, 1.807) is 12.1 Å². The molecule has 0 fully saturated rings. The number of nitrogen functional groups attached to an aromatic ring is 1. The number of aryl methyl sites for hydroxylation is 1. The second kappa shape index (κ2) is 7.17. The van der Waals surface area contributed by atoms with E-state index in [1.165, 1.54) is 11.8 Å². The van der Waals surface area contributed by atoms with Gasteiger partial charge in [-0.1, -0.05) is 54.6 Å². The number of rotatable bonds is 5. The van der Waals surface area contributed by atoms with E-state index >= 15 is 0 Å². The van der Waals surface area contributed by atoms with Gasteiger partial charge < -0.3 is 11.1 Å². The first-order chi connectivity index (χ1) is 13.5. The first-order valence-corrected chi connectivity index (χ1v) is 9.85. The standard InChI is InChI=1S/C23H20N2O2S/c1-15-11-12-18(24)21(13-15)28-23(14-20(26)16-7-3-2-4-8-16)17-9-5-6-10-19(17)25-22(23)27/h2-13H,14,24H2,1H3,(H,25,27). The lowest BCUT2D eigenvalue weighted by Crippen LogP contribution is -2.33. The first-order valence-electron chi connectivity index (χ1n) is 9.04. The molecule has 3 N–H and O–H groups in total. The Morgan fingerprint density at radius 2 is 1.75 bits per heavy atom. The monoisotopic (exact) mass is 388 g/mol. The zero-order valence-corrected chi connectivity index (χ0v) is 16.3. The number of carbonyl (C=O) groups is 2. The van der Waals surface area contributed by atoms with Crippen LogP contribution in [0.3, 0.4) is 0 Å². The Morgan fingerprint density at radius 3 is 2.54 bits per heavy atom. The molecule has 0 saturated carbocycles. The molecule has 0 spiro atoms. The minimum Gasteiger partial charge on any atom is -0.398 e. The summed E-state index contributed by atoms with van der Waals surface area (Å²) in [4.78, 5) is 27.1. The van der Waals surface area contributed by atoms with E-state index in [0.29, 0.717) is 11.3 Å². The van der Waals surface area contributed by atoms with Crippen LogP contribution in [0.1, 0.15) is 27.9 Å². The molecule has 1 amide bonds. The van der Waals surface area contributed by atoms with Gasteiger partial charge in [0.25, 0.3) is 0 Å². The zero-order chi connectivity index (χ0) is 19.7. The van der Waals surface area contributed by atoms with Gasteiger partial charge in [-0.3, -0.25) is 9.59 Å². The molecule has 0 radical (unpaired) electrons. The Bertz CT molecular complexity index is 1070. The van der Waals surface area contributed by atoms with Crippen molar-refractivity contribution in [3.05, 3.63) is 89.5 Å². The minimum atomic E-state index is -1.06. The summed E-state index contributed by atoms with van der Waals surface area (Å²) in [6.07, 6.45) is 0.0535. The van der Waals surface area contributed by atoms with Crippen molar-refractivity contribution in [3.63, 3.8) is 0 Å². The second-order valence-corrected chi connectivity index (χ2v) is 8.28. The van der Waals surface area contributed by atoms with Crippen LogP contribution < -0.4 is 11.1 Å². The Hall–Kier alpha value is -3.05. The number of hydrogen-bond acceptors (Lipinski definition) is 4. The van der Waals surface area contributed by atoms with Crippen LogP contribution in [-0.4, -0.2) is 11.7 Å². The summed E-state index contributed by atoms with van der Waals surface area (Å²) < 4.78 is -1.06. The third-order valence-electron chi connectivity index (χ3n) is 4.94. The summed E-state index contributed by atoms with van der Waals surface area (Å²) in [5.41, 5.74) is 9.99. The molecule has 0 bridgehead atoms. The lowest BCUT2D eigenvalue weighted by molar-refractivity contribution is -0.118. The molecular formula is C23H20N2O2S. The molecular weight excluding hydrogens is 368 g/mol. The van der Waals surface area contributed by atoms with Crippen molar-refractivity contribution < 1.29 is 9.59 Å². The quantitative estimate of drug-likeness (QED) is 0.487. The highest BCUT2D eigenvalue weighted by atomic mass is 32.2. The number of anilines is 2. The van der Waals surface area contributed by atoms with Crippen LogP contribution in [0.5, 0.6) is 0 Å². The van der Waals surface area contributed by atoms with Gasteiger partial charge in [-0.15, -0.1) is 11.8 Å². The SMILES string of the molecule is Cc1ccc(N)c(SC2(CC(=O)c3ccccc3)C(=O)Nc3ccccc32)c1. The summed E-state index contributed by atoms with van der Waals surface area (Å²) in [5, 5.41) is 2.95. The smallest absolute Gasteiger partial charge is 0.246 e. The number of ketones is 1. The predicted octanol–water partition coefficient (Wildman–Crippen LogP) is 4.79. The Balaban J connectivity index is 1.81. The largest absolute Gasteiger partial charge is 0.398 e. The molecule has 4 rings (SSSR count). The fourth-order valence-electron chi connectivity index (χ4n) is 3.47. The van der Waals surface area contributed by atoms with Gasteiger partial charge in [-0.25, -0.2) is 0 Å². The summed E-state index contributed by atoms with van der Waals surface area (Å²) in [6.45, 7) is 1.98. The molecule has 0 aliphatic carbocycles. The van der Waals surface area contributed by atoms with E-state index in [0.717, 1.165) is 21.7 Å². The molecule has 3 aromatic carbocycles. The molecule has 3 aromatic rings. The van der Waals surface area contributed by atoms with Crippen LogP contribution in [0.25, 0.3) is 0 Å². The molecule has 140 valence electrons. The first kappa shape index (κ1) is 18.3. The Morgan fingerprint density at radius 1 is 1.04 bits per heavy atom. The lowest BCUT2D eigenvalue weighted by Gasteiger charge is -2.27. The number of fused-ring (bicyclic) bond motifs is 1. The number of carbonyl (C=O) groups excluding carboxylic acids is 2. The average molecular weight is 388 g/mol. The van der Waals surface area contributed by atoms with Crippen LogP contribution in [0.2, 0.25) is 0 Å². The van der Waals surface area contributed by atoms with E-state index in [9.17, 15) is 9.59 Å². The van der Waals surface area contributed by atoms with E-state index in [4.69, 9.17) is 5.73 Å². The molecule has 5 heteroatoms. The number of hydrogen-bond donors (Lipinski definition) is 2.